The van der Waals surface area contributed by atoms with Gasteiger partial charge in [-0.15, -0.1) is 0 Å². The summed E-state index contributed by atoms with van der Waals surface area (Å²) in [4.78, 5) is 85.1. The van der Waals surface area contributed by atoms with Crippen molar-refractivity contribution in [3.05, 3.63) is 65.7 Å². The van der Waals surface area contributed by atoms with Gasteiger partial charge in [0.2, 0.25) is 23.6 Å². The van der Waals surface area contributed by atoms with Gasteiger partial charge in [-0.2, -0.15) is 0 Å². The molecule has 3 rings (SSSR count). The average Bonchev–Trinajstić information content (AvgIpc) is 3.58. The van der Waals surface area contributed by atoms with Gasteiger partial charge in [0.25, 0.3) is 5.91 Å². The number of nitrogens with zero attached hydrogens (tertiary/aromatic N) is 3. The van der Waals surface area contributed by atoms with Gasteiger partial charge in [0.05, 0.1) is 11.3 Å². The topological polar surface area (TPSA) is 157 Å². The van der Waals surface area contributed by atoms with Gasteiger partial charge in [-0.1, -0.05) is 84.0 Å². The lowest BCUT2D eigenvalue weighted by Crippen LogP contribution is -2.61. The Morgan fingerprint density at radius 3 is 2.00 bits per heavy atom. The van der Waals surface area contributed by atoms with E-state index in [1.165, 1.54) is 21.7 Å². The van der Waals surface area contributed by atoms with Gasteiger partial charge in [-0.25, -0.2) is 4.79 Å². The van der Waals surface area contributed by atoms with E-state index >= 15 is 0 Å². The summed E-state index contributed by atoms with van der Waals surface area (Å²) < 4.78 is 5.32. The molecule has 13 nitrogen and oxygen atoms in total. The maximum absolute atomic E-state index is 14.2. The number of anilines is 1. The van der Waals surface area contributed by atoms with Crippen LogP contribution in [0.15, 0.2) is 54.6 Å². The zero-order valence-corrected chi connectivity index (χ0v) is 31.3. The Kier molecular flexibility index (Phi) is 14.6. The van der Waals surface area contributed by atoms with Gasteiger partial charge in [-0.3, -0.25) is 24.0 Å². The van der Waals surface area contributed by atoms with Crippen LogP contribution in [0.5, 0.6) is 0 Å². The fraction of sp³-hybridized carbons (Fsp3) is 0.526. The van der Waals surface area contributed by atoms with Crippen LogP contribution in [0.2, 0.25) is 0 Å². The minimum atomic E-state index is -1.01. The number of likely N-dealkylation sites (N-methyl/N-ethyl adjacent to an activating group) is 1. The number of carbonyl (C=O) groups is 6. The number of likely N-dealkylation sites (tertiary alicyclic amines) is 1. The second kappa shape index (κ2) is 18.3. The molecule has 13 heteroatoms. The lowest BCUT2D eigenvalue weighted by molar-refractivity contribution is -0.150. The molecule has 0 radical (unpaired) electrons. The molecule has 0 bridgehead atoms. The Hall–Kier alpha value is -4.94. The fourth-order valence-corrected chi connectivity index (χ4v) is 6.15. The number of rotatable bonds is 14. The summed E-state index contributed by atoms with van der Waals surface area (Å²) >= 11 is 0. The smallest absolute Gasteiger partial charge is 0.408 e. The van der Waals surface area contributed by atoms with E-state index in [1.807, 2.05) is 44.2 Å². The molecule has 51 heavy (non-hydrogen) atoms. The first-order chi connectivity index (χ1) is 24.0. The number of amides is 6. The fourth-order valence-electron chi connectivity index (χ4n) is 6.15. The van der Waals surface area contributed by atoms with E-state index in [4.69, 9.17) is 4.74 Å². The molecular weight excluding hydrogens is 652 g/mol. The van der Waals surface area contributed by atoms with Crippen molar-refractivity contribution < 1.29 is 33.5 Å². The van der Waals surface area contributed by atoms with Crippen molar-refractivity contribution >= 4 is 41.3 Å². The van der Waals surface area contributed by atoms with Crippen LogP contribution < -0.4 is 16.0 Å². The first kappa shape index (κ1) is 40.5. The number of hydrogen-bond donors (Lipinski definition) is 3. The molecule has 1 aliphatic rings. The van der Waals surface area contributed by atoms with E-state index in [2.05, 4.69) is 16.0 Å². The third-order valence-electron chi connectivity index (χ3n) is 8.98. The maximum Gasteiger partial charge on any atom is 0.408 e. The molecule has 1 saturated heterocycles. The van der Waals surface area contributed by atoms with Crippen molar-refractivity contribution in [1.29, 1.82) is 0 Å². The first-order valence-electron chi connectivity index (χ1n) is 17.5. The first-order valence-corrected chi connectivity index (χ1v) is 17.5. The predicted octanol–water partition coefficient (Wildman–Crippen LogP) is 3.89. The van der Waals surface area contributed by atoms with Crippen molar-refractivity contribution in [3.8, 4) is 0 Å². The monoisotopic (exact) mass is 706 g/mol. The molecule has 2 aromatic carbocycles. The van der Waals surface area contributed by atoms with Crippen molar-refractivity contribution in [3.63, 3.8) is 0 Å². The van der Waals surface area contributed by atoms with E-state index in [1.54, 1.807) is 66.1 Å². The SMILES string of the molecule is CC(C)C(NC(=O)[C@@H](NC(=O)OCc1ccccc1)C(C)C)C(=O)N(C)[C@H](C(=O)N1CCC[C@H]1C(=O)Nc1ccccc1C(=O)N(C)C)C(C)C. The maximum atomic E-state index is 14.2. The van der Waals surface area contributed by atoms with Crippen molar-refractivity contribution in [2.24, 2.45) is 17.8 Å². The highest BCUT2D eigenvalue weighted by Crippen LogP contribution is 2.25. The highest BCUT2D eigenvalue weighted by Gasteiger charge is 2.42. The highest BCUT2D eigenvalue weighted by atomic mass is 16.5. The molecular formula is C38H54N6O7. The number of para-hydroxylation sites is 1. The summed E-state index contributed by atoms with van der Waals surface area (Å²) in [5, 5.41) is 8.29. The molecule has 0 spiro atoms. The number of benzene rings is 2. The van der Waals surface area contributed by atoms with Gasteiger partial charge < -0.3 is 35.4 Å². The van der Waals surface area contributed by atoms with Gasteiger partial charge in [0.15, 0.2) is 0 Å². The van der Waals surface area contributed by atoms with Crippen LogP contribution in [-0.4, -0.2) is 102 Å². The summed E-state index contributed by atoms with van der Waals surface area (Å²) in [6, 6.07) is 12.1. The van der Waals surface area contributed by atoms with Crippen LogP contribution in [0.25, 0.3) is 0 Å². The van der Waals surface area contributed by atoms with Gasteiger partial charge in [0.1, 0.15) is 30.8 Å². The van der Waals surface area contributed by atoms with Crippen LogP contribution in [0, 0.1) is 17.8 Å². The summed E-state index contributed by atoms with van der Waals surface area (Å²) in [6.45, 7) is 11.1. The van der Waals surface area contributed by atoms with Crippen LogP contribution in [0.4, 0.5) is 10.5 Å². The van der Waals surface area contributed by atoms with Crippen LogP contribution in [0.3, 0.4) is 0 Å². The molecule has 1 aliphatic heterocycles. The quantitative estimate of drug-likeness (QED) is 0.269. The van der Waals surface area contributed by atoms with E-state index in [0.717, 1.165) is 5.56 Å². The highest BCUT2D eigenvalue weighted by molar-refractivity contribution is 6.05. The standard InChI is InChI=1S/C38H54N6O7/c1-23(2)30(41-38(50)51-22-26-16-11-10-12-17-26)34(46)40-31(24(3)4)36(48)43(9)32(25(5)6)37(49)44-21-15-20-29(44)33(45)39-28-19-14-13-18-27(28)35(47)42(7)8/h10-14,16-19,23-25,29-32H,15,20-22H2,1-9H3,(H,39,45)(H,40,46)(H,41,50)/t29-,30-,31?,32-/m0/s1. The summed E-state index contributed by atoms with van der Waals surface area (Å²) in [7, 11) is 4.78. The molecule has 278 valence electrons. The number of alkyl carbamates (subject to hydrolysis) is 1. The van der Waals surface area contributed by atoms with E-state index in [9.17, 15) is 28.8 Å². The Labute approximate surface area is 301 Å². The van der Waals surface area contributed by atoms with Crippen LogP contribution >= 0.6 is 0 Å². The molecule has 1 unspecified atom stereocenters. The Bertz CT molecular complexity index is 1540. The molecule has 1 fully saturated rings. The molecule has 1 heterocycles. The number of ether oxygens (including phenoxy) is 1. The van der Waals surface area contributed by atoms with Crippen LogP contribution in [-0.2, 0) is 30.5 Å². The molecule has 6 amide bonds. The largest absolute Gasteiger partial charge is 0.445 e. The zero-order chi connectivity index (χ0) is 38.0. The van der Waals surface area contributed by atoms with Gasteiger partial charge in [0, 0.05) is 27.7 Å². The number of hydrogen-bond acceptors (Lipinski definition) is 7. The van der Waals surface area contributed by atoms with Gasteiger partial charge in [-0.05, 0) is 48.3 Å². The molecule has 4 atom stereocenters. The lowest BCUT2D eigenvalue weighted by atomic mass is 9.96. The van der Waals surface area contributed by atoms with Gasteiger partial charge >= 0.3 is 6.09 Å². The molecule has 2 aromatic rings. The second-order valence-electron chi connectivity index (χ2n) is 14.2. The molecule has 3 N–H and O–H groups in total. The van der Waals surface area contributed by atoms with E-state index in [0.29, 0.717) is 30.6 Å². The summed E-state index contributed by atoms with van der Waals surface area (Å²) in [5.74, 6) is -3.12. The Morgan fingerprint density at radius 2 is 1.41 bits per heavy atom. The van der Waals surface area contributed by atoms with Crippen LogP contribution in [0.1, 0.15) is 70.3 Å². The Balaban J connectivity index is 1.74. The predicted molar refractivity (Wildman–Crippen MR) is 194 cm³/mol. The van der Waals surface area contributed by atoms with Crippen molar-refractivity contribution in [2.45, 2.75) is 85.2 Å². The summed E-state index contributed by atoms with van der Waals surface area (Å²) in [5.41, 5.74) is 1.48. The molecule has 0 aliphatic carbocycles. The Morgan fingerprint density at radius 1 is 0.804 bits per heavy atom. The minimum absolute atomic E-state index is 0.0323. The van der Waals surface area contributed by atoms with E-state index in [-0.39, 0.29) is 36.2 Å². The zero-order valence-electron chi connectivity index (χ0n) is 31.3. The average molecular weight is 707 g/mol. The van der Waals surface area contributed by atoms with Crippen molar-refractivity contribution in [2.75, 3.05) is 33.0 Å². The third-order valence-corrected chi connectivity index (χ3v) is 8.98. The lowest BCUT2D eigenvalue weighted by Gasteiger charge is -2.37. The minimum Gasteiger partial charge on any atom is -0.445 e. The number of nitrogens with one attached hydrogen (secondary N) is 3. The van der Waals surface area contributed by atoms with E-state index < -0.39 is 48.0 Å². The molecule has 0 aromatic heterocycles. The number of carbonyl (C=O) groups excluding carboxylic acids is 6. The third kappa shape index (κ3) is 10.5. The summed E-state index contributed by atoms with van der Waals surface area (Å²) in [6.07, 6.45) is 0.248. The second-order valence-corrected chi connectivity index (χ2v) is 14.2. The van der Waals surface area contributed by atoms with Crippen molar-refractivity contribution in [1.82, 2.24) is 25.3 Å². The normalized spacial score (nSPS) is 15.9. The molecule has 0 saturated carbocycles.